The molecule has 0 spiro atoms. The molecule has 2 aromatic carbocycles. The molecule has 11 nitrogen and oxygen atoms in total. The number of halogens is 4. The summed E-state index contributed by atoms with van der Waals surface area (Å²) in [5.41, 5.74) is 0.232. The van der Waals surface area contributed by atoms with Gasteiger partial charge in [-0.15, -0.1) is 0 Å². The second-order valence-electron chi connectivity index (χ2n) is 10.7. The van der Waals surface area contributed by atoms with E-state index in [-0.39, 0.29) is 18.1 Å². The van der Waals surface area contributed by atoms with E-state index in [2.05, 4.69) is 20.2 Å². The number of quaternary nitrogens is 1. The van der Waals surface area contributed by atoms with Gasteiger partial charge in [-0.05, 0) is 43.2 Å². The number of hydrogen-bond donors (Lipinski definition) is 2. The summed E-state index contributed by atoms with van der Waals surface area (Å²) in [6.45, 7) is 6.73. The lowest BCUT2D eigenvalue weighted by Crippen LogP contribution is -2.96. The van der Waals surface area contributed by atoms with Gasteiger partial charge in [0.15, 0.2) is 0 Å². The second kappa shape index (κ2) is 13.5. The molecule has 2 aliphatic heterocycles. The molecular weight excluding hydrogens is 603 g/mol. The van der Waals surface area contributed by atoms with Gasteiger partial charge in [0.2, 0.25) is 5.91 Å². The molecule has 0 bridgehead atoms. The maximum absolute atomic E-state index is 13.5. The number of anilines is 3. The molecule has 2 aliphatic rings. The fourth-order valence-corrected chi connectivity index (χ4v) is 5.65. The minimum atomic E-state index is -4.84. The molecule has 0 atom stereocenters. The predicted octanol–water partition coefficient (Wildman–Crippen LogP) is 3.90. The summed E-state index contributed by atoms with van der Waals surface area (Å²) in [6.07, 6.45) is -2.20. The quantitative estimate of drug-likeness (QED) is 0.266. The van der Waals surface area contributed by atoms with E-state index in [1.165, 1.54) is 12.4 Å². The lowest BCUT2D eigenvalue weighted by Gasteiger charge is -2.34. The number of piperazine rings is 1. The van der Waals surface area contributed by atoms with Crippen LogP contribution in [0.1, 0.15) is 30.2 Å². The van der Waals surface area contributed by atoms with E-state index in [1.807, 2.05) is 11.0 Å². The lowest BCUT2D eigenvalue weighted by molar-refractivity contribution is -0.716. The first-order valence-corrected chi connectivity index (χ1v) is 14.5. The molecule has 5 rings (SSSR count). The first-order chi connectivity index (χ1) is 21.0. The number of ether oxygens (including phenoxy) is 1. The first kappa shape index (κ1) is 31.7. The fourth-order valence-electron chi connectivity index (χ4n) is 5.41. The zero-order chi connectivity index (χ0) is 31.4. The molecule has 1 fully saturated rings. The number of alkyl halides is 3. The van der Waals surface area contributed by atoms with Crippen molar-refractivity contribution in [3.8, 4) is 5.75 Å². The molecule has 2 N–H and O–H groups in total. The molecule has 0 radical (unpaired) electrons. The third-order valence-electron chi connectivity index (χ3n) is 7.79. The van der Waals surface area contributed by atoms with Crippen LogP contribution in [0.2, 0.25) is 5.02 Å². The highest BCUT2D eigenvalue weighted by Crippen LogP contribution is 2.37. The zero-order valence-corrected chi connectivity index (χ0v) is 24.7. The molecule has 0 unspecified atom stereocenters. The molecule has 236 valence electrons. The van der Waals surface area contributed by atoms with Crippen LogP contribution in [-0.2, 0) is 23.9 Å². The van der Waals surface area contributed by atoms with Crippen LogP contribution in [0.25, 0.3) is 0 Å². The molecule has 44 heavy (non-hydrogen) atoms. The van der Waals surface area contributed by atoms with Crippen LogP contribution in [0.5, 0.6) is 5.75 Å². The zero-order valence-electron chi connectivity index (χ0n) is 24.0. The van der Waals surface area contributed by atoms with Gasteiger partial charge < -0.3 is 35.5 Å². The van der Waals surface area contributed by atoms with Crippen molar-refractivity contribution < 1.29 is 27.9 Å². The summed E-state index contributed by atoms with van der Waals surface area (Å²) in [5, 5.41) is 24.2. The van der Waals surface area contributed by atoms with Gasteiger partial charge in [-0.1, -0.05) is 11.6 Å². The topological polar surface area (TPSA) is 124 Å². The summed E-state index contributed by atoms with van der Waals surface area (Å²) < 4.78 is 46.5. The smallest absolute Gasteiger partial charge is 0.422 e. The summed E-state index contributed by atoms with van der Waals surface area (Å²) in [5.74, 6) is 1.23. The highest BCUT2D eigenvalue weighted by Gasteiger charge is 2.36. The molecule has 3 aromatic rings. The Kier molecular flexibility index (Phi) is 9.75. The van der Waals surface area contributed by atoms with E-state index in [0.717, 1.165) is 56.8 Å². The Morgan fingerprint density at radius 2 is 1.86 bits per heavy atom. The van der Waals surface area contributed by atoms with Gasteiger partial charge in [0.1, 0.15) is 29.1 Å². The van der Waals surface area contributed by atoms with E-state index < -0.39 is 22.7 Å². The number of amides is 1. The van der Waals surface area contributed by atoms with Crippen molar-refractivity contribution >= 4 is 40.4 Å². The summed E-state index contributed by atoms with van der Waals surface area (Å²) in [6, 6.07) is 8.43. The SMILES string of the molecule is CC(=O)N1CCN(CCCOc2ccc(Nc3ncnc4c3CCN(c3ccc([NH+]([O-])[O-])c(C(F)(F)F)c3)C4)cc2Cl)CC1. The molecule has 1 amide bonds. The van der Waals surface area contributed by atoms with Gasteiger partial charge in [-0.3, -0.25) is 9.69 Å². The first-order valence-electron chi connectivity index (χ1n) is 14.2. The minimum Gasteiger partial charge on any atom is -0.628 e. The van der Waals surface area contributed by atoms with Crippen LogP contribution in [0.4, 0.5) is 36.1 Å². The maximum atomic E-state index is 13.5. The van der Waals surface area contributed by atoms with Crippen molar-refractivity contribution in [2.24, 2.45) is 0 Å². The van der Waals surface area contributed by atoms with E-state index >= 15 is 0 Å². The number of carbonyl (C=O) groups excluding carboxylic acids is 1. The molecule has 15 heteroatoms. The third-order valence-corrected chi connectivity index (χ3v) is 8.08. The average molecular weight is 635 g/mol. The van der Waals surface area contributed by atoms with E-state index in [0.29, 0.717) is 47.5 Å². The monoisotopic (exact) mass is 634 g/mol. The number of hydrogen-bond acceptors (Lipinski definition) is 9. The summed E-state index contributed by atoms with van der Waals surface area (Å²) in [4.78, 5) is 26.1. The van der Waals surface area contributed by atoms with Crippen LogP contribution in [0.15, 0.2) is 42.7 Å². The van der Waals surface area contributed by atoms with Crippen LogP contribution >= 0.6 is 11.6 Å². The number of benzene rings is 2. The number of nitrogens with zero attached hydrogens (tertiary/aromatic N) is 5. The maximum Gasteiger partial charge on any atom is 0.422 e. The van der Waals surface area contributed by atoms with Crippen LogP contribution < -0.4 is 20.2 Å². The number of aromatic nitrogens is 2. The molecular formula is C29H32ClF3N7O4-. The summed E-state index contributed by atoms with van der Waals surface area (Å²) >= 11 is 6.50. The van der Waals surface area contributed by atoms with Gasteiger partial charge in [0, 0.05) is 69.2 Å². The Bertz CT molecular complexity index is 1490. The van der Waals surface area contributed by atoms with Gasteiger partial charge in [-0.2, -0.15) is 13.2 Å². The molecule has 0 saturated carbocycles. The number of fused-ring (bicyclic) bond motifs is 1. The molecule has 0 aliphatic carbocycles. The Balaban J connectivity index is 1.18. The number of rotatable bonds is 9. The standard InChI is InChI=1S/C29H32ClF3N7O4/c1-19(41)38-12-10-37(11-13-38)8-2-14-44-27-6-3-20(15-24(27)30)36-28-22-7-9-39(17-25(22)34-18-35-28)21-4-5-26(40(42)43)23(16-21)29(31,32)33/h3-6,15-16,18,40H,2,7-14,17H2,1H3,(H,34,35,36)/q-1. The van der Waals surface area contributed by atoms with Gasteiger partial charge in [0.25, 0.3) is 0 Å². The van der Waals surface area contributed by atoms with E-state index in [4.69, 9.17) is 16.3 Å². The third kappa shape index (κ3) is 7.50. The Morgan fingerprint density at radius 3 is 2.55 bits per heavy atom. The van der Waals surface area contributed by atoms with Crippen molar-refractivity contribution in [1.29, 1.82) is 0 Å². The lowest BCUT2D eigenvalue weighted by atomic mass is 10.0. The van der Waals surface area contributed by atoms with Crippen molar-refractivity contribution in [3.05, 3.63) is 75.0 Å². The highest BCUT2D eigenvalue weighted by atomic mass is 35.5. The van der Waals surface area contributed by atoms with Crippen molar-refractivity contribution in [3.63, 3.8) is 0 Å². The van der Waals surface area contributed by atoms with Crippen LogP contribution in [0, 0.1) is 10.4 Å². The van der Waals surface area contributed by atoms with Gasteiger partial charge >= 0.3 is 6.18 Å². The molecule has 1 aromatic heterocycles. The fraction of sp³-hybridized carbons (Fsp3) is 0.414. The predicted molar refractivity (Wildman–Crippen MR) is 159 cm³/mol. The largest absolute Gasteiger partial charge is 0.628 e. The van der Waals surface area contributed by atoms with Crippen molar-refractivity contribution in [2.75, 3.05) is 56.1 Å². The normalized spacial score (nSPS) is 15.8. The average Bonchev–Trinajstić information content (AvgIpc) is 2.99. The van der Waals surface area contributed by atoms with Crippen molar-refractivity contribution in [2.45, 2.75) is 32.5 Å². The Morgan fingerprint density at radius 1 is 1.09 bits per heavy atom. The minimum absolute atomic E-state index is 0.109. The Hall–Kier alpha value is -3.69. The van der Waals surface area contributed by atoms with E-state index in [1.54, 1.807) is 24.0 Å². The molecule has 3 heterocycles. The van der Waals surface area contributed by atoms with Crippen molar-refractivity contribution in [1.82, 2.24) is 19.8 Å². The highest BCUT2D eigenvalue weighted by molar-refractivity contribution is 6.32. The van der Waals surface area contributed by atoms with Gasteiger partial charge in [-0.25, -0.2) is 9.97 Å². The second-order valence-corrected chi connectivity index (χ2v) is 11.1. The Labute approximate surface area is 257 Å². The molecule has 1 saturated heterocycles. The number of nitrogens with one attached hydrogen (secondary N) is 2. The number of carbonyl (C=O) groups is 1. The van der Waals surface area contributed by atoms with Gasteiger partial charge in [0.05, 0.1) is 23.9 Å². The summed E-state index contributed by atoms with van der Waals surface area (Å²) in [7, 11) is 0. The van der Waals surface area contributed by atoms with Crippen LogP contribution in [-0.4, -0.2) is 71.6 Å². The van der Waals surface area contributed by atoms with Crippen LogP contribution in [0.3, 0.4) is 0 Å². The van der Waals surface area contributed by atoms with E-state index in [9.17, 15) is 28.4 Å².